The predicted octanol–water partition coefficient (Wildman–Crippen LogP) is 2.79. The van der Waals surface area contributed by atoms with Gasteiger partial charge in [-0.2, -0.15) is 0 Å². The normalized spacial score (nSPS) is 10.2. The number of nitro benzene ring substituents is 1. The SMILES string of the molecule is CN(c1cccc(F)c1)c1cc(NN)cc([N+](=O)[O-])c1. The summed E-state index contributed by atoms with van der Waals surface area (Å²) in [4.78, 5) is 12.0. The minimum atomic E-state index is -0.510. The molecule has 0 radical (unpaired) electrons. The van der Waals surface area contributed by atoms with E-state index in [0.29, 0.717) is 17.1 Å². The van der Waals surface area contributed by atoms with E-state index in [0.717, 1.165) is 0 Å². The van der Waals surface area contributed by atoms with Gasteiger partial charge in [-0.1, -0.05) is 6.07 Å². The van der Waals surface area contributed by atoms with Crippen LogP contribution >= 0.6 is 0 Å². The van der Waals surface area contributed by atoms with E-state index in [1.54, 1.807) is 30.1 Å². The van der Waals surface area contributed by atoms with E-state index in [2.05, 4.69) is 5.43 Å². The first-order valence-electron chi connectivity index (χ1n) is 5.76. The standard InChI is InChI=1S/C13H13FN4O2/c1-17(11-4-2-3-9(14)5-11)12-6-10(16-15)7-13(8-12)18(19)20/h2-8,16H,15H2,1H3. The van der Waals surface area contributed by atoms with Gasteiger partial charge in [0.2, 0.25) is 0 Å². The lowest BCUT2D eigenvalue weighted by Gasteiger charge is -2.20. The number of non-ortho nitro benzene ring substituents is 1. The zero-order valence-corrected chi connectivity index (χ0v) is 10.7. The molecular formula is C13H13FN4O2. The van der Waals surface area contributed by atoms with E-state index in [4.69, 9.17) is 5.84 Å². The molecule has 2 aromatic carbocycles. The zero-order valence-electron chi connectivity index (χ0n) is 10.7. The fourth-order valence-electron chi connectivity index (χ4n) is 1.81. The molecule has 0 aliphatic heterocycles. The summed E-state index contributed by atoms with van der Waals surface area (Å²) >= 11 is 0. The Kier molecular flexibility index (Phi) is 3.81. The van der Waals surface area contributed by atoms with Gasteiger partial charge in [0, 0.05) is 30.6 Å². The highest BCUT2D eigenvalue weighted by atomic mass is 19.1. The van der Waals surface area contributed by atoms with E-state index >= 15 is 0 Å². The molecule has 0 aromatic heterocycles. The second kappa shape index (κ2) is 5.54. The number of nitrogens with zero attached hydrogens (tertiary/aromatic N) is 2. The van der Waals surface area contributed by atoms with Crippen molar-refractivity contribution in [3.05, 3.63) is 58.4 Å². The van der Waals surface area contributed by atoms with Crippen LogP contribution in [0.1, 0.15) is 0 Å². The molecule has 0 aliphatic rings. The van der Waals surface area contributed by atoms with Crippen molar-refractivity contribution in [3.63, 3.8) is 0 Å². The van der Waals surface area contributed by atoms with Crippen molar-refractivity contribution in [2.45, 2.75) is 0 Å². The van der Waals surface area contributed by atoms with Crippen LogP contribution in [0.5, 0.6) is 0 Å². The summed E-state index contributed by atoms with van der Waals surface area (Å²) in [5, 5.41) is 10.9. The van der Waals surface area contributed by atoms with Crippen molar-refractivity contribution in [1.82, 2.24) is 0 Å². The molecule has 0 unspecified atom stereocenters. The van der Waals surface area contributed by atoms with Crippen LogP contribution in [0.15, 0.2) is 42.5 Å². The van der Waals surface area contributed by atoms with E-state index < -0.39 is 4.92 Å². The molecule has 0 saturated heterocycles. The van der Waals surface area contributed by atoms with E-state index in [1.807, 2.05) is 0 Å². The summed E-state index contributed by atoms with van der Waals surface area (Å²) in [5.74, 6) is 4.92. The van der Waals surface area contributed by atoms with Crippen LogP contribution in [-0.2, 0) is 0 Å². The minimum absolute atomic E-state index is 0.0984. The van der Waals surface area contributed by atoms with Crippen LogP contribution < -0.4 is 16.2 Å². The van der Waals surface area contributed by atoms with Gasteiger partial charge >= 0.3 is 0 Å². The molecule has 0 atom stereocenters. The third-order valence-electron chi connectivity index (χ3n) is 2.86. The molecule has 7 heteroatoms. The van der Waals surface area contributed by atoms with Crippen LogP contribution in [-0.4, -0.2) is 12.0 Å². The fourth-order valence-corrected chi connectivity index (χ4v) is 1.81. The van der Waals surface area contributed by atoms with Gasteiger partial charge in [-0.3, -0.25) is 16.0 Å². The van der Waals surface area contributed by atoms with Gasteiger partial charge in [-0.05, 0) is 24.3 Å². The van der Waals surface area contributed by atoms with Crippen molar-refractivity contribution in [3.8, 4) is 0 Å². The molecular weight excluding hydrogens is 263 g/mol. The highest BCUT2D eigenvalue weighted by Crippen LogP contribution is 2.30. The van der Waals surface area contributed by atoms with Crippen molar-refractivity contribution < 1.29 is 9.31 Å². The molecule has 104 valence electrons. The molecule has 3 N–H and O–H groups in total. The first-order valence-corrected chi connectivity index (χ1v) is 5.76. The van der Waals surface area contributed by atoms with Crippen molar-refractivity contribution in [2.75, 3.05) is 17.4 Å². The van der Waals surface area contributed by atoms with Gasteiger partial charge in [0.05, 0.1) is 10.6 Å². The Bertz CT molecular complexity index is 648. The molecule has 2 aromatic rings. The second-order valence-electron chi connectivity index (χ2n) is 4.18. The Morgan fingerprint density at radius 3 is 2.60 bits per heavy atom. The maximum Gasteiger partial charge on any atom is 0.273 e. The predicted molar refractivity (Wildman–Crippen MR) is 75.4 cm³/mol. The summed E-state index contributed by atoms with van der Waals surface area (Å²) in [7, 11) is 1.69. The molecule has 0 heterocycles. The number of halogens is 1. The largest absolute Gasteiger partial charge is 0.344 e. The number of hydrazine groups is 1. The molecule has 6 nitrogen and oxygen atoms in total. The summed E-state index contributed by atoms with van der Waals surface area (Å²) in [5.41, 5.74) is 3.78. The van der Waals surface area contributed by atoms with Crippen molar-refractivity contribution in [2.24, 2.45) is 5.84 Å². The average Bonchev–Trinajstić information content (AvgIpc) is 2.45. The number of nitrogens with one attached hydrogen (secondary N) is 1. The average molecular weight is 276 g/mol. The third kappa shape index (κ3) is 2.83. The van der Waals surface area contributed by atoms with Gasteiger partial charge in [-0.15, -0.1) is 0 Å². The molecule has 0 amide bonds. The number of nitro groups is 1. The van der Waals surface area contributed by atoms with Crippen LogP contribution in [0.2, 0.25) is 0 Å². The second-order valence-corrected chi connectivity index (χ2v) is 4.18. The molecule has 2 rings (SSSR count). The van der Waals surface area contributed by atoms with Crippen LogP contribution in [0.3, 0.4) is 0 Å². The summed E-state index contributed by atoms with van der Waals surface area (Å²) < 4.78 is 13.2. The highest BCUT2D eigenvalue weighted by molar-refractivity contribution is 5.70. The maximum absolute atomic E-state index is 13.2. The lowest BCUT2D eigenvalue weighted by molar-refractivity contribution is -0.384. The Balaban J connectivity index is 2.45. The van der Waals surface area contributed by atoms with Gasteiger partial charge < -0.3 is 10.3 Å². The number of nitrogen functional groups attached to an aromatic ring is 1. The van der Waals surface area contributed by atoms with Crippen molar-refractivity contribution in [1.29, 1.82) is 0 Å². The Morgan fingerprint density at radius 1 is 1.25 bits per heavy atom. The summed E-state index contributed by atoms with van der Waals surface area (Å²) in [6.07, 6.45) is 0. The Hall–Kier alpha value is -2.67. The van der Waals surface area contributed by atoms with E-state index in [1.165, 1.54) is 24.3 Å². The van der Waals surface area contributed by atoms with Crippen LogP contribution in [0.4, 0.5) is 27.1 Å². The molecule has 0 aliphatic carbocycles. The number of benzene rings is 2. The molecule has 20 heavy (non-hydrogen) atoms. The van der Waals surface area contributed by atoms with E-state index in [9.17, 15) is 14.5 Å². The number of hydrogen-bond donors (Lipinski definition) is 2. The topological polar surface area (TPSA) is 84.4 Å². The molecule has 0 bridgehead atoms. The van der Waals surface area contributed by atoms with Gasteiger partial charge in [-0.25, -0.2) is 4.39 Å². The number of anilines is 3. The van der Waals surface area contributed by atoms with Crippen LogP contribution in [0.25, 0.3) is 0 Å². The number of rotatable bonds is 4. The molecule has 0 fully saturated rings. The first kappa shape index (κ1) is 13.8. The first-order chi connectivity index (χ1) is 9.51. The smallest absolute Gasteiger partial charge is 0.273 e. The lowest BCUT2D eigenvalue weighted by atomic mass is 10.2. The maximum atomic E-state index is 13.2. The summed E-state index contributed by atoms with van der Waals surface area (Å²) in [6.45, 7) is 0. The Labute approximate surface area is 114 Å². The lowest BCUT2D eigenvalue weighted by Crippen LogP contribution is -2.12. The monoisotopic (exact) mass is 276 g/mol. The number of hydrogen-bond acceptors (Lipinski definition) is 5. The fraction of sp³-hybridized carbons (Fsp3) is 0.0769. The van der Waals surface area contributed by atoms with Gasteiger partial charge in [0.15, 0.2) is 0 Å². The molecule has 0 spiro atoms. The quantitative estimate of drug-likeness (QED) is 0.509. The zero-order chi connectivity index (χ0) is 14.7. The van der Waals surface area contributed by atoms with Crippen LogP contribution in [0, 0.1) is 15.9 Å². The van der Waals surface area contributed by atoms with E-state index in [-0.39, 0.29) is 11.5 Å². The molecule has 0 saturated carbocycles. The van der Waals surface area contributed by atoms with Gasteiger partial charge in [0.25, 0.3) is 5.69 Å². The Morgan fingerprint density at radius 2 is 2.00 bits per heavy atom. The third-order valence-corrected chi connectivity index (χ3v) is 2.86. The summed E-state index contributed by atoms with van der Waals surface area (Å²) in [6, 6.07) is 10.3. The number of nitrogens with two attached hydrogens (primary N) is 1. The van der Waals surface area contributed by atoms with Gasteiger partial charge in [0.1, 0.15) is 5.82 Å². The van der Waals surface area contributed by atoms with Crippen molar-refractivity contribution >= 4 is 22.7 Å². The minimum Gasteiger partial charge on any atom is -0.344 e. The highest BCUT2D eigenvalue weighted by Gasteiger charge is 2.13.